The first kappa shape index (κ1) is 19.5. The molecule has 0 saturated carbocycles. The molecular weight excluding hydrogens is 362 g/mol. The zero-order valence-corrected chi connectivity index (χ0v) is 17.2. The van der Waals surface area contributed by atoms with Crippen LogP contribution in [0.5, 0.6) is 0 Å². The van der Waals surface area contributed by atoms with E-state index in [0.29, 0.717) is 23.2 Å². The minimum Gasteiger partial charge on any atom is -0.207 e. The highest BCUT2D eigenvalue weighted by molar-refractivity contribution is 7.99. The lowest BCUT2D eigenvalue weighted by Gasteiger charge is -2.20. The number of benzene rings is 2. The van der Waals surface area contributed by atoms with Gasteiger partial charge in [-0.05, 0) is 48.6 Å². The van der Waals surface area contributed by atoms with Gasteiger partial charge in [0.25, 0.3) is 0 Å². The molecule has 5 heteroatoms. The fourth-order valence-corrected chi connectivity index (χ4v) is 6.35. The number of thioether (sulfide) groups is 1. The summed E-state index contributed by atoms with van der Waals surface area (Å²) >= 11 is 1.87. The Labute approximate surface area is 161 Å². The summed E-state index contributed by atoms with van der Waals surface area (Å²) in [7, 11) is -3.41. The van der Waals surface area contributed by atoms with Crippen molar-refractivity contribution in [3.8, 4) is 0 Å². The fourth-order valence-electron chi connectivity index (χ4n) is 3.45. The second-order valence-corrected chi connectivity index (χ2v) is 10.1. The predicted octanol–water partition coefficient (Wildman–Crippen LogP) is 4.82. The van der Waals surface area contributed by atoms with Gasteiger partial charge in [0.1, 0.15) is 0 Å². The van der Waals surface area contributed by atoms with Crippen molar-refractivity contribution < 1.29 is 8.42 Å². The number of rotatable bonds is 5. The van der Waals surface area contributed by atoms with Crippen LogP contribution in [0, 0.1) is 6.92 Å². The third-order valence-electron chi connectivity index (χ3n) is 4.94. The number of hydrogen-bond donors (Lipinski definition) is 0. The molecule has 0 bridgehead atoms. The molecule has 140 valence electrons. The van der Waals surface area contributed by atoms with Gasteiger partial charge in [0.05, 0.1) is 4.90 Å². The van der Waals surface area contributed by atoms with Crippen molar-refractivity contribution in [2.75, 3.05) is 18.8 Å². The second-order valence-electron chi connectivity index (χ2n) is 6.80. The summed E-state index contributed by atoms with van der Waals surface area (Å²) in [5.74, 6) is 0.826. The van der Waals surface area contributed by atoms with Gasteiger partial charge in [-0.1, -0.05) is 49.7 Å². The summed E-state index contributed by atoms with van der Waals surface area (Å²) in [6.45, 7) is 5.41. The molecule has 0 amide bonds. The van der Waals surface area contributed by atoms with E-state index in [4.69, 9.17) is 0 Å². The normalized spacial score (nSPS) is 19.2. The van der Waals surface area contributed by atoms with Crippen LogP contribution in [0.4, 0.5) is 0 Å². The van der Waals surface area contributed by atoms with E-state index in [-0.39, 0.29) is 0 Å². The zero-order chi connectivity index (χ0) is 18.6. The maximum absolute atomic E-state index is 13.0. The van der Waals surface area contributed by atoms with Crippen molar-refractivity contribution in [3.05, 3.63) is 65.2 Å². The van der Waals surface area contributed by atoms with Gasteiger partial charge < -0.3 is 0 Å². The highest BCUT2D eigenvalue weighted by Crippen LogP contribution is 2.37. The molecule has 26 heavy (non-hydrogen) atoms. The van der Waals surface area contributed by atoms with E-state index in [1.807, 2.05) is 23.9 Å². The average Bonchev–Trinajstić information content (AvgIpc) is 2.89. The summed E-state index contributed by atoms with van der Waals surface area (Å²) in [5, 5.41) is 0.364. The van der Waals surface area contributed by atoms with E-state index >= 15 is 0 Å². The van der Waals surface area contributed by atoms with Gasteiger partial charge in [0.2, 0.25) is 10.0 Å². The molecule has 1 unspecified atom stereocenters. The highest BCUT2D eigenvalue weighted by Gasteiger charge is 2.28. The zero-order valence-electron chi connectivity index (χ0n) is 15.5. The third-order valence-corrected chi connectivity index (χ3v) is 8.16. The minimum atomic E-state index is -3.41. The van der Waals surface area contributed by atoms with Crippen LogP contribution < -0.4 is 0 Å². The van der Waals surface area contributed by atoms with Gasteiger partial charge in [0.15, 0.2) is 0 Å². The highest BCUT2D eigenvalue weighted by atomic mass is 32.2. The molecule has 1 aliphatic rings. The van der Waals surface area contributed by atoms with Gasteiger partial charge in [-0.25, -0.2) is 8.42 Å². The number of sulfonamides is 1. The van der Waals surface area contributed by atoms with Crippen LogP contribution in [-0.4, -0.2) is 31.6 Å². The topological polar surface area (TPSA) is 37.4 Å². The lowest BCUT2D eigenvalue weighted by Crippen LogP contribution is -2.33. The quantitative estimate of drug-likeness (QED) is 0.736. The van der Waals surface area contributed by atoms with E-state index in [1.165, 1.54) is 16.7 Å². The van der Waals surface area contributed by atoms with Crippen molar-refractivity contribution in [3.63, 3.8) is 0 Å². The van der Waals surface area contributed by atoms with Crippen LogP contribution in [0.15, 0.2) is 53.4 Å². The molecule has 1 heterocycles. The van der Waals surface area contributed by atoms with Crippen molar-refractivity contribution in [2.45, 2.75) is 43.3 Å². The van der Waals surface area contributed by atoms with Crippen LogP contribution in [0.25, 0.3) is 0 Å². The maximum atomic E-state index is 13.0. The first-order chi connectivity index (χ1) is 12.5. The Balaban J connectivity index is 1.74. The molecule has 1 saturated heterocycles. The van der Waals surface area contributed by atoms with Crippen LogP contribution in [0.1, 0.15) is 41.7 Å². The van der Waals surface area contributed by atoms with E-state index in [0.717, 1.165) is 25.0 Å². The Morgan fingerprint density at radius 2 is 1.81 bits per heavy atom. The summed E-state index contributed by atoms with van der Waals surface area (Å²) in [5.41, 5.74) is 3.81. The van der Waals surface area contributed by atoms with Crippen LogP contribution in [-0.2, 0) is 16.4 Å². The molecule has 1 fully saturated rings. The van der Waals surface area contributed by atoms with Gasteiger partial charge in [0, 0.05) is 24.1 Å². The Kier molecular flexibility index (Phi) is 6.43. The molecule has 3 rings (SSSR count). The SMILES string of the molecule is CCCc1ccc(S(=O)(=O)N2CCSC(c3ccccc3C)CC2)cc1. The third kappa shape index (κ3) is 4.33. The number of aryl methyl sites for hydroxylation is 2. The van der Waals surface area contributed by atoms with Crippen molar-refractivity contribution in [1.82, 2.24) is 4.31 Å². The fraction of sp³-hybridized carbons (Fsp3) is 0.429. The molecule has 0 spiro atoms. The van der Waals surface area contributed by atoms with Gasteiger partial charge in [-0.3, -0.25) is 0 Å². The molecule has 0 aromatic heterocycles. The van der Waals surface area contributed by atoms with E-state index in [2.05, 4.69) is 38.1 Å². The smallest absolute Gasteiger partial charge is 0.207 e. The largest absolute Gasteiger partial charge is 0.243 e. The molecule has 0 aliphatic carbocycles. The number of hydrogen-bond acceptors (Lipinski definition) is 3. The molecule has 1 aliphatic heterocycles. The molecule has 0 radical (unpaired) electrons. The van der Waals surface area contributed by atoms with Gasteiger partial charge in [-0.2, -0.15) is 16.1 Å². The molecule has 2 aromatic carbocycles. The summed E-state index contributed by atoms with van der Waals surface area (Å²) in [4.78, 5) is 0.414. The van der Waals surface area contributed by atoms with Crippen LogP contribution in [0.2, 0.25) is 0 Å². The molecular formula is C21H27NO2S2. The first-order valence-electron chi connectivity index (χ1n) is 9.28. The maximum Gasteiger partial charge on any atom is 0.243 e. The van der Waals surface area contributed by atoms with Crippen molar-refractivity contribution >= 4 is 21.8 Å². The molecule has 3 nitrogen and oxygen atoms in total. The Bertz CT molecular complexity index is 831. The molecule has 1 atom stereocenters. The lowest BCUT2D eigenvalue weighted by atomic mass is 10.0. The summed E-state index contributed by atoms with van der Waals surface area (Å²) < 4.78 is 27.7. The van der Waals surface area contributed by atoms with Gasteiger partial charge >= 0.3 is 0 Å². The standard InChI is InChI=1S/C21H27NO2S2/c1-3-6-18-9-11-19(12-10-18)26(23,24)22-14-13-21(25-16-15-22)20-8-5-4-7-17(20)2/h4-5,7-12,21H,3,6,13-16H2,1-2H3. The van der Waals surface area contributed by atoms with Crippen LogP contribution >= 0.6 is 11.8 Å². The average molecular weight is 390 g/mol. The van der Waals surface area contributed by atoms with Crippen molar-refractivity contribution in [1.29, 1.82) is 0 Å². The van der Waals surface area contributed by atoms with Crippen molar-refractivity contribution in [2.24, 2.45) is 0 Å². The number of nitrogens with zero attached hydrogens (tertiary/aromatic N) is 1. The van der Waals surface area contributed by atoms with Gasteiger partial charge in [-0.15, -0.1) is 0 Å². The predicted molar refractivity (Wildman–Crippen MR) is 110 cm³/mol. The molecule has 0 N–H and O–H groups in total. The Morgan fingerprint density at radius 1 is 1.08 bits per heavy atom. The van der Waals surface area contributed by atoms with E-state index < -0.39 is 10.0 Å². The Hall–Kier alpha value is -1.30. The van der Waals surface area contributed by atoms with Crippen LogP contribution in [0.3, 0.4) is 0 Å². The Morgan fingerprint density at radius 3 is 2.50 bits per heavy atom. The van der Waals surface area contributed by atoms with E-state index in [1.54, 1.807) is 16.4 Å². The first-order valence-corrected chi connectivity index (χ1v) is 11.8. The monoisotopic (exact) mass is 389 g/mol. The summed E-state index contributed by atoms with van der Waals surface area (Å²) in [6, 6.07) is 15.8. The summed E-state index contributed by atoms with van der Waals surface area (Å²) in [6.07, 6.45) is 2.90. The minimum absolute atomic E-state index is 0.364. The molecule has 2 aromatic rings. The lowest BCUT2D eigenvalue weighted by molar-refractivity contribution is 0.428. The van der Waals surface area contributed by atoms with E-state index in [9.17, 15) is 8.42 Å². The second kappa shape index (κ2) is 8.59.